The first kappa shape index (κ1) is 26.9. The van der Waals surface area contributed by atoms with Gasteiger partial charge in [-0.1, -0.05) is 58.0 Å². The Labute approximate surface area is 211 Å². The fourth-order valence-electron chi connectivity index (χ4n) is 4.31. The van der Waals surface area contributed by atoms with Crippen LogP contribution in [0.25, 0.3) is 11.3 Å². The molecule has 0 saturated carbocycles. The van der Waals surface area contributed by atoms with Crippen LogP contribution < -0.4 is 9.46 Å². The third-order valence-corrected chi connectivity index (χ3v) is 7.12. The fourth-order valence-corrected chi connectivity index (χ4v) is 4.73. The number of benzene rings is 2. The van der Waals surface area contributed by atoms with Gasteiger partial charge in [-0.25, -0.2) is 13.1 Å². The van der Waals surface area contributed by atoms with E-state index in [2.05, 4.69) is 68.8 Å². The van der Waals surface area contributed by atoms with E-state index in [1.165, 1.54) is 22.9 Å². The van der Waals surface area contributed by atoms with E-state index in [4.69, 9.17) is 9.72 Å². The summed E-state index contributed by atoms with van der Waals surface area (Å²) in [4.78, 5) is 4.99. The summed E-state index contributed by atoms with van der Waals surface area (Å²) in [6.45, 7) is 13.1. The van der Waals surface area contributed by atoms with Crippen molar-refractivity contribution in [3.8, 4) is 17.0 Å². The van der Waals surface area contributed by atoms with Gasteiger partial charge in [0, 0.05) is 23.4 Å². The minimum absolute atomic E-state index is 0.189. The summed E-state index contributed by atoms with van der Waals surface area (Å²) in [6, 6.07) is 14.7. The Kier molecular flexibility index (Phi) is 8.73. The number of aromatic nitrogens is 1. The van der Waals surface area contributed by atoms with Gasteiger partial charge in [0.1, 0.15) is 12.4 Å². The van der Waals surface area contributed by atoms with E-state index in [0.29, 0.717) is 12.5 Å². The van der Waals surface area contributed by atoms with Crippen LogP contribution in [0.2, 0.25) is 0 Å². The summed E-state index contributed by atoms with van der Waals surface area (Å²) in [7, 11) is -3.36. The van der Waals surface area contributed by atoms with Crippen molar-refractivity contribution in [1.29, 1.82) is 0 Å². The smallest absolute Gasteiger partial charge is 0.209 e. The predicted octanol–water partition coefficient (Wildman–Crippen LogP) is 6.24. The third-order valence-electron chi connectivity index (χ3n) is 6.45. The molecule has 0 radical (unpaired) electrons. The van der Waals surface area contributed by atoms with Gasteiger partial charge in [0.05, 0.1) is 11.9 Å². The Morgan fingerprint density at radius 2 is 1.63 bits per heavy atom. The van der Waals surface area contributed by atoms with Crippen molar-refractivity contribution < 1.29 is 13.2 Å². The first-order chi connectivity index (χ1) is 16.5. The molecule has 3 rings (SSSR count). The van der Waals surface area contributed by atoms with Crippen molar-refractivity contribution in [3.63, 3.8) is 0 Å². The second kappa shape index (κ2) is 11.4. The number of pyridine rings is 1. The molecule has 0 fully saturated rings. The Hall–Kier alpha value is -2.70. The molecule has 0 atom stereocenters. The molecule has 0 amide bonds. The number of rotatable bonds is 10. The molecule has 3 aromatic rings. The summed E-state index contributed by atoms with van der Waals surface area (Å²) in [5.74, 6) is 1.24. The number of sulfonamides is 1. The zero-order valence-electron chi connectivity index (χ0n) is 22.0. The Bertz CT molecular complexity index is 1280. The number of hydrogen-bond donors (Lipinski definition) is 1. The highest BCUT2D eigenvalue weighted by Crippen LogP contribution is 2.31. The Balaban J connectivity index is 2.06. The molecule has 0 aliphatic rings. The molecule has 188 valence electrons. The van der Waals surface area contributed by atoms with Crippen LogP contribution in [0.5, 0.6) is 5.75 Å². The summed E-state index contributed by atoms with van der Waals surface area (Å²) in [6.07, 6.45) is 2.98. The van der Waals surface area contributed by atoms with Crippen molar-refractivity contribution >= 4 is 10.0 Å². The molecule has 1 aromatic heterocycles. The maximum atomic E-state index is 11.9. The topological polar surface area (TPSA) is 68.3 Å². The molecule has 0 aliphatic carbocycles. The zero-order chi connectivity index (χ0) is 25.8. The third kappa shape index (κ3) is 6.71. The molecule has 0 spiro atoms. The van der Waals surface area contributed by atoms with E-state index >= 15 is 0 Å². The average Bonchev–Trinajstić information content (AvgIpc) is 2.81. The lowest BCUT2D eigenvalue weighted by molar-refractivity contribution is 0.301. The van der Waals surface area contributed by atoms with Crippen LogP contribution in [0.3, 0.4) is 0 Å². The normalized spacial score (nSPS) is 11.8. The van der Waals surface area contributed by atoms with Gasteiger partial charge in [0.25, 0.3) is 0 Å². The second-order valence-corrected chi connectivity index (χ2v) is 11.3. The van der Waals surface area contributed by atoms with Crippen molar-refractivity contribution in [3.05, 3.63) is 81.5 Å². The van der Waals surface area contributed by atoms with E-state index in [0.717, 1.165) is 52.2 Å². The van der Waals surface area contributed by atoms with Crippen LogP contribution >= 0.6 is 0 Å². The largest absolute Gasteiger partial charge is 0.489 e. The molecule has 1 N–H and O–H groups in total. The molecule has 5 nitrogen and oxygen atoms in total. The zero-order valence-corrected chi connectivity index (χ0v) is 22.8. The van der Waals surface area contributed by atoms with Crippen molar-refractivity contribution in [2.75, 3.05) is 6.26 Å². The maximum absolute atomic E-state index is 11.9. The SMILES string of the molecule is CCc1cccc(CC)c1-c1cc(CNS(C)(=O)=O)c(COc2cc(C(C)C)ccc2C)c(C)n1. The number of hydrogen-bond acceptors (Lipinski definition) is 4. The molecular weight excluding hydrogens is 456 g/mol. The minimum atomic E-state index is -3.36. The molecular formula is C29H38N2O3S. The highest BCUT2D eigenvalue weighted by atomic mass is 32.2. The van der Waals surface area contributed by atoms with Gasteiger partial charge in [-0.3, -0.25) is 4.98 Å². The van der Waals surface area contributed by atoms with Crippen molar-refractivity contribution in [2.24, 2.45) is 0 Å². The number of nitrogens with one attached hydrogen (secondary N) is 1. The van der Waals surface area contributed by atoms with Crippen molar-refractivity contribution in [2.45, 2.75) is 73.5 Å². The lowest BCUT2D eigenvalue weighted by Crippen LogP contribution is -2.23. The molecule has 0 saturated heterocycles. The Morgan fingerprint density at radius 1 is 0.971 bits per heavy atom. The van der Waals surface area contributed by atoms with Crippen molar-refractivity contribution in [1.82, 2.24) is 9.71 Å². The van der Waals surface area contributed by atoms with Gasteiger partial charge < -0.3 is 4.74 Å². The number of ether oxygens (including phenoxy) is 1. The highest BCUT2D eigenvalue weighted by Gasteiger charge is 2.17. The second-order valence-electron chi connectivity index (χ2n) is 9.45. The van der Waals surface area contributed by atoms with Gasteiger partial charge in [0.2, 0.25) is 10.0 Å². The average molecular weight is 495 g/mol. The van der Waals surface area contributed by atoms with Crippen LogP contribution in [0, 0.1) is 13.8 Å². The predicted molar refractivity (Wildman–Crippen MR) is 144 cm³/mol. The van der Waals surface area contributed by atoms with Gasteiger partial charge in [-0.05, 0) is 72.6 Å². The minimum Gasteiger partial charge on any atom is -0.489 e. The van der Waals surface area contributed by atoms with E-state index in [1.807, 2.05) is 19.9 Å². The lowest BCUT2D eigenvalue weighted by atomic mass is 9.93. The standard InChI is InChI=1S/C29H38N2O3S/c1-8-22-11-10-12-23(9-2)29(22)27-15-25(17-30-35(7,32)33)26(21(6)31-27)18-34-28-16-24(19(3)4)14-13-20(28)5/h10-16,19,30H,8-9,17-18H2,1-7H3. The van der Waals surface area contributed by atoms with Crippen LogP contribution in [-0.2, 0) is 36.0 Å². The number of aryl methyl sites for hydroxylation is 4. The molecule has 1 heterocycles. The van der Waals surface area contributed by atoms with Crippen LogP contribution in [0.1, 0.15) is 72.7 Å². The summed E-state index contributed by atoms with van der Waals surface area (Å²) in [5, 5.41) is 0. The van der Waals surface area contributed by atoms with E-state index in [-0.39, 0.29) is 6.54 Å². The number of nitrogens with zero attached hydrogens (tertiary/aromatic N) is 1. The lowest BCUT2D eigenvalue weighted by Gasteiger charge is -2.19. The summed E-state index contributed by atoms with van der Waals surface area (Å²) >= 11 is 0. The molecule has 0 aliphatic heterocycles. The molecule has 2 aromatic carbocycles. The molecule has 6 heteroatoms. The quantitative estimate of drug-likeness (QED) is 0.362. The Morgan fingerprint density at radius 3 is 2.20 bits per heavy atom. The van der Waals surface area contributed by atoms with Crippen LogP contribution in [0.15, 0.2) is 42.5 Å². The van der Waals surface area contributed by atoms with Crippen LogP contribution in [0.4, 0.5) is 0 Å². The van der Waals surface area contributed by atoms with Gasteiger partial charge in [-0.15, -0.1) is 0 Å². The van der Waals surface area contributed by atoms with Gasteiger partial charge in [0.15, 0.2) is 0 Å². The van der Waals surface area contributed by atoms with Crippen LogP contribution in [-0.4, -0.2) is 19.7 Å². The fraction of sp³-hybridized carbons (Fsp3) is 0.414. The van der Waals surface area contributed by atoms with Gasteiger partial charge in [-0.2, -0.15) is 0 Å². The van der Waals surface area contributed by atoms with E-state index in [9.17, 15) is 8.42 Å². The van der Waals surface area contributed by atoms with E-state index < -0.39 is 10.0 Å². The highest BCUT2D eigenvalue weighted by molar-refractivity contribution is 7.88. The molecule has 0 unspecified atom stereocenters. The van der Waals surface area contributed by atoms with E-state index in [1.54, 1.807) is 0 Å². The summed E-state index contributed by atoms with van der Waals surface area (Å²) in [5.41, 5.74) is 9.42. The van der Waals surface area contributed by atoms with Gasteiger partial charge >= 0.3 is 0 Å². The monoisotopic (exact) mass is 494 g/mol. The molecule has 35 heavy (non-hydrogen) atoms. The first-order valence-electron chi connectivity index (χ1n) is 12.3. The first-order valence-corrected chi connectivity index (χ1v) is 14.2. The summed E-state index contributed by atoms with van der Waals surface area (Å²) < 4.78 is 32.8. The maximum Gasteiger partial charge on any atom is 0.209 e. The molecule has 0 bridgehead atoms.